The van der Waals surface area contributed by atoms with Crippen molar-refractivity contribution in [1.82, 2.24) is 9.55 Å². The molecule has 1 aromatic carbocycles. The van der Waals surface area contributed by atoms with Crippen LogP contribution in [0.15, 0.2) is 46.1 Å². The van der Waals surface area contributed by atoms with Gasteiger partial charge in [-0.1, -0.05) is 30.3 Å². The molecular formula is C18H20F2N2O4. The first-order valence-electron chi connectivity index (χ1n) is 8.31. The summed E-state index contributed by atoms with van der Waals surface area (Å²) in [5, 5.41) is 0. The summed E-state index contributed by atoms with van der Waals surface area (Å²) in [6, 6.07) is 9.23. The lowest BCUT2D eigenvalue weighted by molar-refractivity contribution is -0.180. The number of aryl methyl sites for hydroxylation is 1. The van der Waals surface area contributed by atoms with Crippen molar-refractivity contribution in [2.24, 2.45) is 0 Å². The van der Waals surface area contributed by atoms with Crippen molar-refractivity contribution in [2.75, 3.05) is 6.61 Å². The molecule has 1 saturated heterocycles. The molecule has 1 aliphatic rings. The zero-order valence-electron chi connectivity index (χ0n) is 14.3. The minimum atomic E-state index is -2.76. The van der Waals surface area contributed by atoms with Crippen molar-refractivity contribution in [1.29, 1.82) is 0 Å². The number of halogens is 2. The predicted molar refractivity (Wildman–Crippen MR) is 90.2 cm³/mol. The number of hydrogen-bond donors (Lipinski definition) is 1. The average molecular weight is 366 g/mol. The van der Waals surface area contributed by atoms with E-state index in [1.54, 1.807) is 0 Å². The lowest BCUT2D eigenvalue weighted by atomic mass is 10.0. The van der Waals surface area contributed by atoms with Crippen LogP contribution in [0.4, 0.5) is 8.78 Å². The van der Waals surface area contributed by atoms with Crippen molar-refractivity contribution < 1.29 is 18.3 Å². The number of H-pyrrole nitrogens is 1. The van der Waals surface area contributed by atoms with E-state index in [9.17, 15) is 18.4 Å². The van der Waals surface area contributed by atoms with Crippen LogP contribution in [0.1, 0.15) is 30.2 Å². The number of aromatic amines is 1. The second-order valence-corrected chi connectivity index (χ2v) is 6.43. The minimum absolute atomic E-state index is 0.0503. The molecule has 140 valence electrons. The van der Waals surface area contributed by atoms with E-state index in [1.165, 1.54) is 13.1 Å². The molecule has 2 heterocycles. The molecule has 1 aliphatic heterocycles. The first-order chi connectivity index (χ1) is 12.4. The first kappa shape index (κ1) is 18.5. The molecule has 2 atom stereocenters. The van der Waals surface area contributed by atoms with Gasteiger partial charge in [0.1, 0.15) is 6.23 Å². The van der Waals surface area contributed by atoms with E-state index in [-0.39, 0.29) is 26.1 Å². The van der Waals surface area contributed by atoms with Gasteiger partial charge >= 0.3 is 5.69 Å². The molecule has 6 nitrogen and oxygen atoms in total. The topological polar surface area (TPSA) is 73.3 Å². The van der Waals surface area contributed by atoms with Crippen LogP contribution in [0, 0.1) is 6.92 Å². The highest BCUT2D eigenvalue weighted by atomic mass is 19.3. The number of ether oxygens (including phenoxy) is 2. The van der Waals surface area contributed by atoms with E-state index in [0.717, 1.165) is 10.1 Å². The lowest BCUT2D eigenvalue weighted by Gasteiger charge is -2.28. The summed E-state index contributed by atoms with van der Waals surface area (Å²) in [7, 11) is 0. The van der Waals surface area contributed by atoms with E-state index in [4.69, 9.17) is 9.47 Å². The van der Waals surface area contributed by atoms with Crippen molar-refractivity contribution in [3.63, 3.8) is 0 Å². The fourth-order valence-corrected chi connectivity index (χ4v) is 3.00. The SMILES string of the molecule is Cc1cn([C@@H]2CC[C@@](COCc3ccccc3)(C(F)F)O2)c(=O)[nH]c1=O. The smallest absolute Gasteiger partial charge is 0.330 e. The third-order valence-corrected chi connectivity index (χ3v) is 4.50. The van der Waals surface area contributed by atoms with Gasteiger partial charge in [0, 0.05) is 11.8 Å². The zero-order chi connectivity index (χ0) is 18.7. The van der Waals surface area contributed by atoms with Gasteiger partial charge in [0.15, 0.2) is 5.60 Å². The molecule has 0 aliphatic carbocycles. The molecule has 0 amide bonds. The van der Waals surface area contributed by atoms with Crippen LogP contribution in [0.3, 0.4) is 0 Å². The Morgan fingerprint density at radius 1 is 1.35 bits per heavy atom. The Labute approximate surface area is 148 Å². The van der Waals surface area contributed by atoms with E-state index >= 15 is 0 Å². The standard InChI is InChI=1S/C18H20F2N2O4/c1-12-9-22(17(24)21-15(12)23)14-7-8-18(26-14,16(19)20)11-25-10-13-5-3-2-4-6-13/h2-6,9,14,16H,7-8,10-11H2,1H3,(H,21,23,24)/t14-,18+/m0/s1. The van der Waals surface area contributed by atoms with Gasteiger partial charge in [-0.05, 0) is 25.3 Å². The number of alkyl halides is 2. The van der Waals surface area contributed by atoms with Gasteiger partial charge in [-0.25, -0.2) is 13.6 Å². The van der Waals surface area contributed by atoms with Crippen molar-refractivity contribution in [2.45, 2.75) is 44.6 Å². The highest BCUT2D eigenvalue weighted by Crippen LogP contribution is 2.40. The van der Waals surface area contributed by atoms with Crippen molar-refractivity contribution in [3.8, 4) is 0 Å². The van der Waals surface area contributed by atoms with Gasteiger partial charge in [-0.2, -0.15) is 0 Å². The Bertz CT molecular complexity index is 865. The van der Waals surface area contributed by atoms with Crippen LogP contribution in [0.5, 0.6) is 0 Å². The third-order valence-electron chi connectivity index (χ3n) is 4.50. The van der Waals surface area contributed by atoms with Crippen LogP contribution in [-0.4, -0.2) is 28.2 Å². The van der Waals surface area contributed by atoms with E-state index in [2.05, 4.69) is 4.98 Å². The summed E-state index contributed by atoms with van der Waals surface area (Å²) in [6.45, 7) is 1.45. The van der Waals surface area contributed by atoms with Gasteiger partial charge in [-0.3, -0.25) is 14.3 Å². The molecule has 1 fully saturated rings. The summed E-state index contributed by atoms with van der Waals surface area (Å²) in [5.74, 6) is 0. The highest BCUT2D eigenvalue weighted by molar-refractivity contribution is 5.13. The van der Waals surface area contributed by atoms with Gasteiger partial charge in [0.25, 0.3) is 12.0 Å². The molecule has 0 radical (unpaired) electrons. The number of benzene rings is 1. The zero-order valence-corrected chi connectivity index (χ0v) is 14.3. The van der Waals surface area contributed by atoms with Crippen LogP contribution in [0.2, 0.25) is 0 Å². The molecule has 0 saturated carbocycles. The molecular weight excluding hydrogens is 346 g/mol. The summed E-state index contributed by atoms with van der Waals surface area (Å²) in [4.78, 5) is 25.6. The van der Waals surface area contributed by atoms with Gasteiger partial charge < -0.3 is 9.47 Å². The molecule has 0 unspecified atom stereocenters. The predicted octanol–water partition coefficient (Wildman–Crippen LogP) is 2.37. The van der Waals surface area contributed by atoms with Crippen LogP contribution < -0.4 is 11.2 Å². The molecule has 3 rings (SSSR count). The number of nitrogens with one attached hydrogen (secondary N) is 1. The fourth-order valence-electron chi connectivity index (χ4n) is 3.00. The first-order valence-corrected chi connectivity index (χ1v) is 8.31. The van der Waals surface area contributed by atoms with E-state index in [1.807, 2.05) is 30.3 Å². The number of hydrogen-bond acceptors (Lipinski definition) is 4. The average Bonchev–Trinajstić information content (AvgIpc) is 3.05. The summed E-state index contributed by atoms with van der Waals surface area (Å²) >= 11 is 0. The molecule has 1 N–H and O–H groups in total. The van der Waals surface area contributed by atoms with Gasteiger partial charge in [-0.15, -0.1) is 0 Å². The van der Waals surface area contributed by atoms with Gasteiger partial charge in [0.2, 0.25) is 0 Å². The molecule has 8 heteroatoms. The molecule has 0 spiro atoms. The Hall–Kier alpha value is -2.32. The van der Waals surface area contributed by atoms with E-state index in [0.29, 0.717) is 5.56 Å². The second-order valence-electron chi connectivity index (χ2n) is 6.43. The molecule has 2 aromatic rings. The Morgan fingerprint density at radius 2 is 2.08 bits per heavy atom. The highest BCUT2D eigenvalue weighted by Gasteiger charge is 2.49. The Kier molecular flexibility index (Phi) is 5.33. The second kappa shape index (κ2) is 7.51. The quantitative estimate of drug-likeness (QED) is 0.852. The Balaban J connectivity index is 1.72. The van der Waals surface area contributed by atoms with Crippen LogP contribution in [-0.2, 0) is 16.1 Å². The largest absolute Gasteiger partial charge is 0.374 e. The summed E-state index contributed by atoms with van der Waals surface area (Å²) in [6.07, 6.45) is -2.02. The van der Waals surface area contributed by atoms with Crippen LogP contribution in [0.25, 0.3) is 0 Å². The molecule has 26 heavy (non-hydrogen) atoms. The number of nitrogens with zero attached hydrogens (tertiary/aromatic N) is 1. The van der Waals surface area contributed by atoms with Crippen LogP contribution >= 0.6 is 0 Å². The maximum absolute atomic E-state index is 13.7. The molecule has 0 bridgehead atoms. The van der Waals surface area contributed by atoms with Gasteiger partial charge in [0.05, 0.1) is 13.2 Å². The summed E-state index contributed by atoms with van der Waals surface area (Å²) in [5.41, 5.74) is -1.78. The third kappa shape index (κ3) is 3.76. The minimum Gasteiger partial charge on any atom is -0.374 e. The van der Waals surface area contributed by atoms with E-state index < -0.39 is 29.5 Å². The monoisotopic (exact) mass is 366 g/mol. The number of rotatable bonds is 6. The normalized spacial score (nSPS) is 22.8. The number of aromatic nitrogens is 2. The maximum atomic E-state index is 13.7. The van der Waals surface area contributed by atoms with Crippen molar-refractivity contribution in [3.05, 3.63) is 68.5 Å². The maximum Gasteiger partial charge on any atom is 0.330 e. The lowest BCUT2D eigenvalue weighted by Crippen LogP contribution is -2.43. The fraction of sp³-hybridized carbons (Fsp3) is 0.444. The summed E-state index contributed by atoms with van der Waals surface area (Å²) < 4.78 is 39.6. The van der Waals surface area contributed by atoms with Crippen molar-refractivity contribution >= 4 is 0 Å². The molecule has 1 aromatic heterocycles. The Morgan fingerprint density at radius 3 is 2.77 bits per heavy atom.